The summed E-state index contributed by atoms with van der Waals surface area (Å²) >= 11 is 0. The second-order valence-electron chi connectivity index (χ2n) is 5.79. The van der Waals surface area contributed by atoms with E-state index in [9.17, 15) is 4.79 Å². The van der Waals surface area contributed by atoms with Crippen LogP contribution in [0, 0.1) is 17.2 Å². The normalized spacial score (nSPS) is 17.0. The minimum atomic E-state index is 0.314. The van der Waals surface area contributed by atoms with Gasteiger partial charge in [0, 0.05) is 13.0 Å². The maximum absolute atomic E-state index is 11.1. The summed E-state index contributed by atoms with van der Waals surface area (Å²) in [5.74, 6) is 0.899. The Morgan fingerprint density at radius 1 is 1.33 bits per heavy atom. The molecular weight excluding hydrogens is 260 g/mol. The van der Waals surface area contributed by atoms with Crippen molar-refractivity contribution < 1.29 is 4.79 Å². The summed E-state index contributed by atoms with van der Waals surface area (Å²) in [4.78, 5) is 13.6. The average molecular weight is 282 g/mol. The molecule has 1 aliphatic rings. The topological polar surface area (TPSA) is 44.1 Å². The van der Waals surface area contributed by atoms with Crippen LogP contribution in [0.5, 0.6) is 0 Å². The minimum absolute atomic E-state index is 0.314. The monoisotopic (exact) mass is 282 g/mol. The molecule has 0 radical (unpaired) electrons. The number of carbonyl (C=O) groups is 1. The van der Waals surface area contributed by atoms with Gasteiger partial charge in [0.25, 0.3) is 0 Å². The summed E-state index contributed by atoms with van der Waals surface area (Å²) in [7, 11) is 0. The number of nitrogens with zero attached hydrogens (tertiary/aromatic N) is 2. The number of rotatable bonds is 5. The van der Waals surface area contributed by atoms with Gasteiger partial charge in [0.05, 0.1) is 11.6 Å². The van der Waals surface area contributed by atoms with Crippen LogP contribution in [0.3, 0.4) is 0 Å². The first kappa shape index (κ1) is 15.5. The van der Waals surface area contributed by atoms with E-state index in [0.29, 0.717) is 17.3 Å². The van der Waals surface area contributed by atoms with Crippen LogP contribution >= 0.6 is 0 Å². The number of carbonyl (C=O) groups excluding carboxylic acids is 1. The molecule has 1 aromatic rings. The van der Waals surface area contributed by atoms with Gasteiger partial charge in [0.15, 0.2) is 0 Å². The number of ketones is 1. The molecule has 3 nitrogen and oxygen atoms in total. The number of benzene rings is 1. The zero-order chi connectivity index (χ0) is 15.1. The lowest BCUT2D eigenvalue weighted by Crippen LogP contribution is -2.34. The lowest BCUT2D eigenvalue weighted by atomic mass is 9.92. The van der Waals surface area contributed by atoms with E-state index in [1.54, 1.807) is 6.92 Å². The third-order valence-corrected chi connectivity index (χ3v) is 4.00. The Bertz CT molecular complexity index is 531. The summed E-state index contributed by atoms with van der Waals surface area (Å²) in [5, 5.41) is 8.75. The van der Waals surface area contributed by atoms with Gasteiger partial charge in [-0.25, -0.2) is 0 Å². The Morgan fingerprint density at radius 3 is 2.57 bits per heavy atom. The molecule has 2 rings (SSSR count). The maximum Gasteiger partial charge on any atom is 0.130 e. The zero-order valence-corrected chi connectivity index (χ0v) is 12.6. The molecule has 0 bridgehead atoms. The average Bonchev–Trinajstić information content (AvgIpc) is 2.49. The quantitative estimate of drug-likeness (QED) is 0.832. The molecular formula is C18H22N2O. The summed E-state index contributed by atoms with van der Waals surface area (Å²) < 4.78 is 0. The standard InChI is InChI=1S/C18H22N2O/c1-15(21)13-17-8-11-20(12-9-17)10-2-3-16-4-6-18(14-19)7-5-16/h2-7,17H,8-13H2,1H3/b3-2+. The number of hydrogen-bond donors (Lipinski definition) is 0. The fourth-order valence-corrected chi connectivity index (χ4v) is 2.79. The van der Waals surface area contributed by atoms with Gasteiger partial charge in [-0.05, 0) is 56.5 Å². The van der Waals surface area contributed by atoms with Gasteiger partial charge in [-0.2, -0.15) is 5.26 Å². The highest BCUT2D eigenvalue weighted by Crippen LogP contribution is 2.20. The second-order valence-corrected chi connectivity index (χ2v) is 5.79. The van der Waals surface area contributed by atoms with E-state index < -0.39 is 0 Å². The SMILES string of the molecule is CC(=O)CC1CCN(C/C=C/c2ccc(C#N)cc2)CC1. The predicted octanol–water partition coefficient (Wildman–Crippen LogP) is 3.26. The first-order chi connectivity index (χ1) is 10.2. The molecule has 0 aliphatic carbocycles. The first-order valence-electron chi connectivity index (χ1n) is 7.56. The molecule has 0 atom stereocenters. The molecule has 1 saturated heterocycles. The van der Waals surface area contributed by atoms with Gasteiger partial charge in [0.1, 0.15) is 5.78 Å². The van der Waals surface area contributed by atoms with Gasteiger partial charge in [-0.1, -0.05) is 24.3 Å². The number of Topliss-reactive ketones (excluding diaryl/α,β-unsaturated/α-hetero) is 1. The van der Waals surface area contributed by atoms with Crippen LogP contribution in [-0.4, -0.2) is 30.3 Å². The summed E-state index contributed by atoms with van der Waals surface area (Å²) in [6, 6.07) is 9.74. The highest BCUT2D eigenvalue weighted by molar-refractivity contribution is 5.75. The Morgan fingerprint density at radius 2 is 2.00 bits per heavy atom. The summed E-state index contributed by atoms with van der Waals surface area (Å²) in [6.45, 7) is 4.80. The van der Waals surface area contributed by atoms with Crippen molar-refractivity contribution in [2.75, 3.05) is 19.6 Å². The fraction of sp³-hybridized carbons (Fsp3) is 0.444. The van der Waals surface area contributed by atoms with Crippen molar-refractivity contribution in [3.63, 3.8) is 0 Å². The minimum Gasteiger partial charge on any atom is -0.300 e. The highest BCUT2D eigenvalue weighted by atomic mass is 16.1. The molecule has 1 aliphatic heterocycles. The second kappa shape index (κ2) is 7.75. The van der Waals surface area contributed by atoms with Crippen molar-refractivity contribution in [1.29, 1.82) is 5.26 Å². The molecule has 0 amide bonds. The Labute approximate surface area is 126 Å². The Hall–Kier alpha value is -1.92. The van der Waals surface area contributed by atoms with E-state index in [0.717, 1.165) is 44.5 Å². The van der Waals surface area contributed by atoms with Crippen LogP contribution in [0.4, 0.5) is 0 Å². The fourth-order valence-electron chi connectivity index (χ4n) is 2.79. The molecule has 21 heavy (non-hydrogen) atoms. The van der Waals surface area contributed by atoms with Crippen molar-refractivity contribution in [2.24, 2.45) is 5.92 Å². The lowest BCUT2D eigenvalue weighted by molar-refractivity contribution is -0.118. The summed E-state index contributed by atoms with van der Waals surface area (Å²) in [6.07, 6.45) is 7.28. The van der Waals surface area contributed by atoms with Crippen LogP contribution in [0.25, 0.3) is 6.08 Å². The molecule has 0 saturated carbocycles. The van der Waals surface area contributed by atoms with Gasteiger partial charge >= 0.3 is 0 Å². The third-order valence-electron chi connectivity index (χ3n) is 4.00. The van der Waals surface area contributed by atoms with Crippen molar-refractivity contribution in [3.05, 3.63) is 41.5 Å². The van der Waals surface area contributed by atoms with E-state index in [4.69, 9.17) is 5.26 Å². The lowest BCUT2D eigenvalue weighted by Gasteiger charge is -2.30. The van der Waals surface area contributed by atoms with E-state index in [2.05, 4.69) is 23.1 Å². The molecule has 3 heteroatoms. The van der Waals surface area contributed by atoms with Crippen LogP contribution in [-0.2, 0) is 4.79 Å². The van der Waals surface area contributed by atoms with Gasteiger partial charge in [-0.15, -0.1) is 0 Å². The molecule has 1 heterocycles. The Kier molecular flexibility index (Phi) is 5.71. The zero-order valence-electron chi connectivity index (χ0n) is 12.6. The van der Waals surface area contributed by atoms with E-state index >= 15 is 0 Å². The third kappa shape index (κ3) is 5.17. The number of likely N-dealkylation sites (tertiary alicyclic amines) is 1. The van der Waals surface area contributed by atoms with E-state index in [1.807, 2.05) is 24.3 Å². The van der Waals surface area contributed by atoms with Crippen LogP contribution in [0.1, 0.15) is 37.3 Å². The van der Waals surface area contributed by atoms with Crippen LogP contribution in [0.15, 0.2) is 30.3 Å². The van der Waals surface area contributed by atoms with Crippen molar-refractivity contribution >= 4 is 11.9 Å². The van der Waals surface area contributed by atoms with Gasteiger partial charge in [0.2, 0.25) is 0 Å². The maximum atomic E-state index is 11.1. The van der Waals surface area contributed by atoms with Crippen molar-refractivity contribution in [3.8, 4) is 6.07 Å². The largest absolute Gasteiger partial charge is 0.300 e. The molecule has 0 unspecified atom stereocenters. The van der Waals surface area contributed by atoms with Gasteiger partial charge < -0.3 is 4.79 Å². The van der Waals surface area contributed by atoms with E-state index in [-0.39, 0.29) is 0 Å². The number of nitriles is 1. The molecule has 0 spiro atoms. The smallest absolute Gasteiger partial charge is 0.130 e. The molecule has 110 valence electrons. The number of piperidine rings is 1. The highest BCUT2D eigenvalue weighted by Gasteiger charge is 2.19. The van der Waals surface area contributed by atoms with Crippen molar-refractivity contribution in [2.45, 2.75) is 26.2 Å². The molecule has 1 aromatic carbocycles. The first-order valence-corrected chi connectivity index (χ1v) is 7.56. The molecule has 0 aromatic heterocycles. The summed E-state index contributed by atoms with van der Waals surface area (Å²) in [5.41, 5.74) is 1.82. The number of hydrogen-bond acceptors (Lipinski definition) is 3. The van der Waals surface area contributed by atoms with E-state index in [1.165, 1.54) is 0 Å². The molecule has 1 fully saturated rings. The van der Waals surface area contributed by atoms with Gasteiger partial charge in [-0.3, -0.25) is 4.90 Å². The van der Waals surface area contributed by atoms with Crippen LogP contribution < -0.4 is 0 Å². The predicted molar refractivity (Wildman–Crippen MR) is 84.7 cm³/mol. The van der Waals surface area contributed by atoms with Crippen molar-refractivity contribution in [1.82, 2.24) is 4.90 Å². The van der Waals surface area contributed by atoms with Crippen LogP contribution in [0.2, 0.25) is 0 Å². The molecule has 0 N–H and O–H groups in total. The Balaban J connectivity index is 1.75.